The molecule has 0 amide bonds. The maximum absolute atomic E-state index is 3.56. The molecule has 0 aromatic carbocycles. The molecule has 0 aromatic heterocycles. The molecule has 0 aliphatic heterocycles. The van der Waals surface area contributed by atoms with Crippen LogP contribution in [0.3, 0.4) is 0 Å². The second kappa shape index (κ2) is 8.77. The Kier molecular flexibility index (Phi) is 8.58. The number of hydrogen-bond donors (Lipinski definition) is 1. The van der Waals surface area contributed by atoms with Crippen molar-refractivity contribution in [1.82, 2.24) is 10.2 Å². The van der Waals surface area contributed by atoms with Crippen LogP contribution >= 0.6 is 0 Å². The zero-order valence-corrected chi connectivity index (χ0v) is 12.0. The lowest BCUT2D eigenvalue weighted by Crippen LogP contribution is -2.36. The molecule has 16 heavy (non-hydrogen) atoms. The summed E-state index contributed by atoms with van der Waals surface area (Å²) in [6.07, 6.45) is 5.91. The lowest BCUT2D eigenvalue weighted by Gasteiger charge is -2.26. The predicted octanol–water partition coefficient (Wildman–Crippen LogP) is 3.05. The monoisotopic (exact) mass is 226 g/mol. The van der Waals surface area contributed by atoms with Crippen LogP contribution in [-0.4, -0.2) is 37.6 Å². The van der Waals surface area contributed by atoms with Crippen molar-refractivity contribution in [2.24, 2.45) is 0 Å². The first kappa shape index (κ1) is 15.7. The van der Waals surface area contributed by atoms with Crippen LogP contribution in [0.15, 0.2) is 11.6 Å². The van der Waals surface area contributed by atoms with Crippen molar-refractivity contribution in [2.45, 2.75) is 59.0 Å². The number of rotatable bonds is 8. The van der Waals surface area contributed by atoms with Crippen LogP contribution in [0.25, 0.3) is 0 Å². The quantitative estimate of drug-likeness (QED) is 0.640. The molecule has 2 atom stereocenters. The molecule has 0 aromatic rings. The van der Waals surface area contributed by atoms with E-state index in [1.807, 2.05) is 0 Å². The van der Waals surface area contributed by atoms with Crippen molar-refractivity contribution in [2.75, 3.05) is 20.6 Å². The Morgan fingerprint density at radius 1 is 1.31 bits per heavy atom. The van der Waals surface area contributed by atoms with Gasteiger partial charge in [-0.3, -0.25) is 0 Å². The molecule has 0 radical (unpaired) electrons. The first-order chi connectivity index (χ1) is 7.51. The Labute approximate surface area is 102 Å². The first-order valence-electron chi connectivity index (χ1n) is 6.56. The average Bonchev–Trinajstić information content (AvgIpc) is 2.25. The van der Waals surface area contributed by atoms with Crippen LogP contribution < -0.4 is 5.32 Å². The molecule has 1 N–H and O–H groups in total. The molecule has 0 bridgehead atoms. The lowest BCUT2D eigenvalue weighted by atomic mass is 10.1. The minimum absolute atomic E-state index is 0.591. The van der Waals surface area contributed by atoms with E-state index >= 15 is 0 Å². The summed E-state index contributed by atoms with van der Waals surface area (Å²) in [5.41, 5.74) is 1.47. The predicted molar refractivity (Wildman–Crippen MR) is 73.9 cm³/mol. The van der Waals surface area contributed by atoms with E-state index in [1.165, 1.54) is 18.4 Å². The molecular weight excluding hydrogens is 196 g/mol. The highest BCUT2D eigenvalue weighted by atomic mass is 15.1. The van der Waals surface area contributed by atoms with Gasteiger partial charge in [-0.05, 0) is 47.2 Å². The zero-order chi connectivity index (χ0) is 12.6. The summed E-state index contributed by atoms with van der Waals surface area (Å²) in [5.74, 6) is 0. The fourth-order valence-electron chi connectivity index (χ4n) is 1.81. The highest BCUT2D eigenvalue weighted by Crippen LogP contribution is 2.07. The van der Waals surface area contributed by atoms with Crippen molar-refractivity contribution in [3.63, 3.8) is 0 Å². The van der Waals surface area contributed by atoms with E-state index in [2.05, 4.69) is 58.1 Å². The number of nitrogens with zero attached hydrogens (tertiary/aromatic N) is 1. The van der Waals surface area contributed by atoms with Gasteiger partial charge < -0.3 is 10.2 Å². The average molecular weight is 226 g/mol. The Morgan fingerprint density at radius 3 is 2.38 bits per heavy atom. The summed E-state index contributed by atoms with van der Waals surface area (Å²) in [4.78, 5) is 2.32. The smallest absolute Gasteiger partial charge is 0.0139 e. The standard InChI is InChI=1S/C14H30N2/c1-7-12(3)9-10-15-13(4)11-14(8-2)16(5)6/h9,13-15H,7-8,10-11H2,1-6H3/b12-9+/t13-,14-/m1/s1. The van der Waals surface area contributed by atoms with E-state index in [-0.39, 0.29) is 0 Å². The molecule has 2 nitrogen and oxygen atoms in total. The van der Waals surface area contributed by atoms with Crippen LogP contribution in [0.1, 0.15) is 47.0 Å². The number of allylic oxidation sites excluding steroid dienone is 1. The van der Waals surface area contributed by atoms with E-state index in [4.69, 9.17) is 0 Å². The summed E-state index contributed by atoms with van der Waals surface area (Å²) in [6, 6.07) is 1.28. The van der Waals surface area contributed by atoms with E-state index in [0.29, 0.717) is 12.1 Å². The van der Waals surface area contributed by atoms with E-state index in [1.54, 1.807) is 0 Å². The van der Waals surface area contributed by atoms with Gasteiger partial charge in [0.1, 0.15) is 0 Å². The Bertz CT molecular complexity index is 197. The summed E-state index contributed by atoms with van der Waals surface area (Å²) >= 11 is 0. The van der Waals surface area contributed by atoms with E-state index < -0.39 is 0 Å². The van der Waals surface area contributed by atoms with Gasteiger partial charge in [0.25, 0.3) is 0 Å². The van der Waals surface area contributed by atoms with Gasteiger partial charge in [0.05, 0.1) is 0 Å². The largest absolute Gasteiger partial charge is 0.311 e. The second-order valence-electron chi connectivity index (χ2n) is 4.97. The summed E-state index contributed by atoms with van der Waals surface area (Å²) < 4.78 is 0. The van der Waals surface area contributed by atoms with E-state index in [0.717, 1.165) is 13.0 Å². The molecule has 0 saturated heterocycles. The number of nitrogens with one attached hydrogen (secondary N) is 1. The van der Waals surface area contributed by atoms with Gasteiger partial charge >= 0.3 is 0 Å². The third-order valence-corrected chi connectivity index (χ3v) is 3.30. The summed E-state index contributed by atoms with van der Waals surface area (Å²) in [7, 11) is 4.34. The summed E-state index contributed by atoms with van der Waals surface area (Å²) in [5, 5.41) is 3.56. The molecule has 0 aliphatic rings. The highest BCUT2D eigenvalue weighted by molar-refractivity contribution is 4.98. The molecule has 0 saturated carbocycles. The van der Waals surface area contributed by atoms with Gasteiger partial charge in [-0.1, -0.05) is 25.5 Å². The van der Waals surface area contributed by atoms with Crippen molar-refractivity contribution in [3.05, 3.63) is 11.6 Å². The molecule has 2 heteroatoms. The summed E-state index contributed by atoms with van der Waals surface area (Å²) in [6.45, 7) is 9.94. The SMILES string of the molecule is CC/C(C)=C/CN[C@H](C)C[C@@H](CC)N(C)C. The number of hydrogen-bond acceptors (Lipinski definition) is 2. The molecular formula is C14H30N2. The fourth-order valence-corrected chi connectivity index (χ4v) is 1.81. The van der Waals surface area contributed by atoms with Crippen molar-refractivity contribution in [3.8, 4) is 0 Å². The van der Waals surface area contributed by atoms with Crippen LogP contribution in [0.2, 0.25) is 0 Å². The Morgan fingerprint density at radius 2 is 1.94 bits per heavy atom. The molecule has 0 rings (SSSR count). The molecule has 0 heterocycles. The molecule has 96 valence electrons. The zero-order valence-electron chi connectivity index (χ0n) is 12.0. The van der Waals surface area contributed by atoms with Crippen LogP contribution in [-0.2, 0) is 0 Å². The van der Waals surface area contributed by atoms with Crippen LogP contribution in [0.5, 0.6) is 0 Å². The maximum Gasteiger partial charge on any atom is 0.0139 e. The third-order valence-electron chi connectivity index (χ3n) is 3.30. The first-order valence-corrected chi connectivity index (χ1v) is 6.56. The Balaban J connectivity index is 3.85. The van der Waals surface area contributed by atoms with Crippen LogP contribution in [0, 0.1) is 0 Å². The molecule has 0 spiro atoms. The molecule has 0 fully saturated rings. The van der Waals surface area contributed by atoms with Gasteiger partial charge in [0, 0.05) is 18.6 Å². The van der Waals surface area contributed by atoms with Gasteiger partial charge in [-0.25, -0.2) is 0 Å². The Hall–Kier alpha value is -0.340. The van der Waals surface area contributed by atoms with Crippen molar-refractivity contribution in [1.29, 1.82) is 0 Å². The molecule has 0 unspecified atom stereocenters. The van der Waals surface area contributed by atoms with Crippen molar-refractivity contribution < 1.29 is 0 Å². The van der Waals surface area contributed by atoms with Gasteiger partial charge in [-0.2, -0.15) is 0 Å². The normalized spacial score (nSPS) is 16.6. The van der Waals surface area contributed by atoms with Gasteiger partial charge in [0.2, 0.25) is 0 Å². The minimum Gasteiger partial charge on any atom is -0.311 e. The van der Waals surface area contributed by atoms with E-state index in [9.17, 15) is 0 Å². The van der Waals surface area contributed by atoms with Gasteiger partial charge in [-0.15, -0.1) is 0 Å². The fraction of sp³-hybridized carbons (Fsp3) is 0.857. The second-order valence-corrected chi connectivity index (χ2v) is 4.97. The molecule has 0 aliphatic carbocycles. The van der Waals surface area contributed by atoms with Crippen molar-refractivity contribution >= 4 is 0 Å². The maximum atomic E-state index is 3.56. The van der Waals surface area contributed by atoms with Gasteiger partial charge in [0.15, 0.2) is 0 Å². The lowest BCUT2D eigenvalue weighted by molar-refractivity contribution is 0.252. The third kappa shape index (κ3) is 7.02. The highest BCUT2D eigenvalue weighted by Gasteiger charge is 2.12. The van der Waals surface area contributed by atoms with Crippen LogP contribution in [0.4, 0.5) is 0 Å². The minimum atomic E-state index is 0.591. The topological polar surface area (TPSA) is 15.3 Å².